The number of benzene rings is 1. The van der Waals surface area contributed by atoms with Crippen LogP contribution in [-0.4, -0.2) is 25.7 Å². The lowest BCUT2D eigenvalue weighted by molar-refractivity contribution is -0.115. The van der Waals surface area contributed by atoms with E-state index in [9.17, 15) is 4.79 Å². The average molecular weight is 235 g/mol. The SMILES string of the molecule is COC(C)CNc1cc2c(cc1N)CC(=O)N2. The Bertz CT molecular complexity index is 446. The number of nitrogen functional groups attached to an aromatic ring is 1. The molecule has 1 heterocycles. The van der Waals surface area contributed by atoms with Crippen molar-refractivity contribution in [3.05, 3.63) is 17.7 Å². The molecule has 5 nitrogen and oxygen atoms in total. The van der Waals surface area contributed by atoms with E-state index in [1.807, 2.05) is 19.1 Å². The zero-order chi connectivity index (χ0) is 12.4. The first kappa shape index (κ1) is 11.7. The Morgan fingerprint density at radius 1 is 1.59 bits per heavy atom. The molecule has 1 unspecified atom stereocenters. The lowest BCUT2D eigenvalue weighted by Crippen LogP contribution is -2.18. The summed E-state index contributed by atoms with van der Waals surface area (Å²) in [5, 5.41) is 6.01. The van der Waals surface area contributed by atoms with E-state index in [-0.39, 0.29) is 12.0 Å². The third-order valence-electron chi connectivity index (χ3n) is 2.88. The Morgan fingerprint density at radius 2 is 2.35 bits per heavy atom. The molecule has 0 radical (unpaired) electrons. The van der Waals surface area contributed by atoms with Crippen LogP contribution in [0.3, 0.4) is 0 Å². The zero-order valence-electron chi connectivity index (χ0n) is 10.0. The predicted molar refractivity (Wildman–Crippen MR) is 68.1 cm³/mol. The van der Waals surface area contributed by atoms with Crippen molar-refractivity contribution in [3.8, 4) is 0 Å². The van der Waals surface area contributed by atoms with Crippen LogP contribution in [0.1, 0.15) is 12.5 Å². The van der Waals surface area contributed by atoms with Crippen molar-refractivity contribution in [3.63, 3.8) is 0 Å². The molecule has 0 fully saturated rings. The quantitative estimate of drug-likeness (QED) is 0.686. The highest BCUT2D eigenvalue weighted by molar-refractivity contribution is 6.00. The summed E-state index contributed by atoms with van der Waals surface area (Å²) in [6.45, 7) is 2.64. The summed E-state index contributed by atoms with van der Waals surface area (Å²) in [4.78, 5) is 11.2. The molecule has 1 aliphatic heterocycles. The Labute approximate surface area is 100 Å². The number of fused-ring (bicyclic) bond motifs is 1. The second-order valence-corrected chi connectivity index (χ2v) is 4.25. The standard InChI is InChI=1S/C12H17N3O2/c1-7(17-2)6-14-11-5-10-8(3-9(11)13)4-12(16)15-10/h3,5,7,14H,4,6,13H2,1-2H3,(H,15,16). The van der Waals surface area contributed by atoms with Gasteiger partial charge in [-0.05, 0) is 24.6 Å². The van der Waals surface area contributed by atoms with E-state index in [2.05, 4.69) is 10.6 Å². The number of nitrogens with two attached hydrogens (primary N) is 1. The Morgan fingerprint density at radius 3 is 3.06 bits per heavy atom. The molecule has 1 atom stereocenters. The predicted octanol–water partition coefficient (Wildman–Crippen LogP) is 1.21. The molecule has 1 aliphatic rings. The molecule has 92 valence electrons. The first-order valence-electron chi connectivity index (χ1n) is 5.59. The van der Waals surface area contributed by atoms with Gasteiger partial charge in [-0.2, -0.15) is 0 Å². The fourth-order valence-electron chi connectivity index (χ4n) is 1.78. The zero-order valence-corrected chi connectivity index (χ0v) is 10.0. The van der Waals surface area contributed by atoms with Crippen LogP contribution >= 0.6 is 0 Å². The minimum absolute atomic E-state index is 0.0156. The van der Waals surface area contributed by atoms with Crippen LogP contribution in [0.5, 0.6) is 0 Å². The van der Waals surface area contributed by atoms with Crippen LogP contribution in [-0.2, 0) is 16.0 Å². The minimum atomic E-state index is 0.0156. The molecular formula is C12H17N3O2. The summed E-state index contributed by atoms with van der Waals surface area (Å²) >= 11 is 0. The van der Waals surface area contributed by atoms with Crippen LogP contribution in [0.25, 0.3) is 0 Å². The maximum absolute atomic E-state index is 11.2. The second kappa shape index (κ2) is 4.63. The number of hydrogen-bond acceptors (Lipinski definition) is 4. The maximum Gasteiger partial charge on any atom is 0.228 e. The number of hydrogen-bond donors (Lipinski definition) is 3. The van der Waals surface area contributed by atoms with Gasteiger partial charge in [0.05, 0.1) is 23.9 Å². The summed E-state index contributed by atoms with van der Waals surface area (Å²) in [7, 11) is 1.67. The van der Waals surface area contributed by atoms with Gasteiger partial charge in [-0.1, -0.05) is 0 Å². The normalized spacial score (nSPS) is 15.3. The lowest BCUT2D eigenvalue weighted by Gasteiger charge is -2.14. The number of rotatable bonds is 4. The van der Waals surface area contributed by atoms with Crippen LogP contribution in [0.15, 0.2) is 12.1 Å². The largest absolute Gasteiger partial charge is 0.397 e. The molecule has 1 aromatic rings. The molecule has 5 heteroatoms. The van der Waals surface area contributed by atoms with Crippen LogP contribution in [0.4, 0.5) is 17.1 Å². The van der Waals surface area contributed by atoms with Crippen molar-refractivity contribution >= 4 is 23.0 Å². The van der Waals surface area contributed by atoms with E-state index in [1.54, 1.807) is 7.11 Å². The minimum Gasteiger partial charge on any atom is -0.397 e. The third kappa shape index (κ3) is 2.50. The summed E-state index contributed by atoms with van der Waals surface area (Å²) < 4.78 is 5.15. The molecule has 2 rings (SSSR count). The number of carbonyl (C=O) groups excluding carboxylic acids is 1. The number of anilines is 3. The molecule has 4 N–H and O–H groups in total. The van der Waals surface area contributed by atoms with Crippen molar-refractivity contribution in [2.24, 2.45) is 0 Å². The third-order valence-corrected chi connectivity index (χ3v) is 2.88. The van der Waals surface area contributed by atoms with Gasteiger partial charge >= 0.3 is 0 Å². The fourth-order valence-corrected chi connectivity index (χ4v) is 1.78. The highest BCUT2D eigenvalue weighted by Gasteiger charge is 2.19. The van der Waals surface area contributed by atoms with Crippen LogP contribution in [0.2, 0.25) is 0 Å². The molecule has 0 aliphatic carbocycles. The van der Waals surface area contributed by atoms with Crippen molar-refractivity contribution in [1.82, 2.24) is 0 Å². The van der Waals surface area contributed by atoms with Gasteiger partial charge < -0.3 is 21.1 Å². The van der Waals surface area contributed by atoms with E-state index >= 15 is 0 Å². The molecule has 0 saturated heterocycles. The van der Waals surface area contributed by atoms with Crippen LogP contribution in [0, 0.1) is 0 Å². The van der Waals surface area contributed by atoms with Gasteiger partial charge in [0.15, 0.2) is 0 Å². The molecule has 0 bridgehead atoms. The van der Waals surface area contributed by atoms with Crippen molar-refractivity contribution in [2.75, 3.05) is 30.0 Å². The van der Waals surface area contributed by atoms with E-state index in [1.165, 1.54) is 0 Å². The van der Waals surface area contributed by atoms with Crippen molar-refractivity contribution < 1.29 is 9.53 Å². The maximum atomic E-state index is 11.2. The van der Waals surface area contributed by atoms with Gasteiger partial charge in [0.1, 0.15) is 0 Å². The van der Waals surface area contributed by atoms with Gasteiger partial charge in [0.2, 0.25) is 5.91 Å². The molecule has 0 spiro atoms. The average Bonchev–Trinajstić information content (AvgIpc) is 2.64. The molecule has 1 amide bonds. The summed E-state index contributed by atoms with van der Waals surface area (Å²) in [6, 6.07) is 3.71. The van der Waals surface area contributed by atoms with Gasteiger partial charge in [0.25, 0.3) is 0 Å². The van der Waals surface area contributed by atoms with Gasteiger partial charge in [0, 0.05) is 19.3 Å². The first-order chi connectivity index (χ1) is 8.10. The fraction of sp³-hybridized carbons (Fsp3) is 0.417. The highest BCUT2D eigenvalue weighted by atomic mass is 16.5. The van der Waals surface area contributed by atoms with Gasteiger partial charge in [-0.25, -0.2) is 0 Å². The first-order valence-corrected chi connectivity index (χ1v) is 5.59. The molecular weight excluding hydrogens is 218 g/mol. The van der Waals surface area contributed by atoms with Crippen molar-refractivity contribution in [2.45, 2.75) is 19.4 Å². The Kier molecular flexibility index (Phi) is 3.19. The summed E-state index contributed by atoms with van der Waals surface area (Å²) in [5.74, 6) is 0.0156. The number of methoxy groups -OCH3 is 1. The van der Waals surface area contributed by atoms with Crippen LogP contribution < -0.4 is 16.4 Å². The molecule has 0 saturated carbocycles. The monoisotopic (exact) mass is 235 g/mol. The summed E-state index contributed by atoms with van der Waals surface area (Å²) in [5.41, 5.74) is 9.21. The second-order valence-electron chi connectivity index (χ2n) is 4.25. The van der Waals surface area contributed by atoms with Gasteiger partial charge in [-0.15, -0.1) is 0 Å². The number of nitrogens with one attached hydrogen (secondary N) is 2. The highest BCUT2D eigenvalue weighted by Crippen LogP contribution is 2.31. The molecule has 1 aromatic carbocycles. The molecule has 17 heavy (non-hydrogen) atoms. The Hall–Kier alpha value is -1.75. The lowest BCUT2D eigenvalue weighted by atomic mass is 10.1. The number of carbonyl (C=O) groups is 1. The smallest absolute Gasteiger partial charge is 0.228 e. The number of amides is 1. The van der Waals surface area contributed by atoms with E-state index in [0.29, 0.717) is 18.7 Å². The summed E-state index contributed by atoms with van der Waals surface area (Å²) in [6.07, 6.45) is 0.520. The Balaban J connectivity index is 2.14. The van der Waals surface area contributed by atoms with Gasteiger partial charge in [-0.3, -0.25) is 4.79 Å². The van der Waals surface area contributed by atoms with Crippen molar-refractivity contribution in [1.29, 1.82) is 0 Å². The van der Waals surface area contributed by atoms with E-state index in [0.717, 1.165) is 16.9 Å². The topological polar surface area (TPSA) is 76.4 Å². The number of ether oxygens (including phenoxy) is 1. The molecule has 0 aromatic heterocycles. The van der Waals surface area contributed by atoms with E-state index < -0.39 is 0 Å². The van der Waals surface area contributed by atoms with E-state index in [4.69, 9.17) is 10.5 Å².